The highest BCUT2D eigenvalue weighted by molar-refractivity contribution is 9.10. The molecule has 0 radical (unpaired) electrons. The molecular formula is C12H6BrNO2. The van der Waals surface area contributed by atoms with E-state index < -0.39 is 5.97 Å². The predicted octanol–water partition coefficient (Wildman–Crippen LogP) is 3.10. The minimum atomic E-state index is -0.457. The third-order valence-corrected chi connectivity index (χ3v) is 3.34. The standard InChI is InChI=1S/C12H6BrNO2/c13-9-5-4-7-10-6(9)2-1-3-8(10)12(15)16-11(7)14/h1-5,14H. The molecular weight excluding hydrogens is 270 g/mol. The highest BCUT2D eigenvalue weighted by Gasteiger charge is 2.25. The van der Waals surface area contributed by atoms with E-state index in [0.717, 1.165) is 15.2 Å². The molecule has 0 saturated heterocycles. The van der Waals surface area contributed by atoms with Crippen molar-refractivity contribution in [3.63, 3.8) is 0 Å². The van der Waals surface area contributed by atoms with Gasteiger partial charge >= 0.3 is 5.97 Å². The van der Waals surface area contributed by atoms with Crippen molar-refractivity contribution in [2.75, 3.05) is 0 Å². The summed E-state index contributed by atoms with van der Waals surface area (Å²) in [7, 11) is 0. The van der Waals surface area contributed by atoms with Crippen LogP contribution in [0, 0.1) is 5.41 Å². The Hall–Kier alpha value is -1.68. The number of cyclic esters (lactones) is 1. The van der Waals surface area contributed by atoms with Crippen molar-refractivity contribution in [3.8, 4) is 0 Å². The summed E-state index contributed by atoms with van der Waals surface area (Å²) in [5.74, 6) is -0.539. The van der Waals surface area contributed by atoms with E-state index in [0.29, 0.717) is 11.1 Å². The predicted molar refractivity (Wildman–Crippen MR) is 63.9 cm³/mol. The van der Waals surface area contributed by atoms with E-state index in [2.05, 4.69) is 15.9 Å². The number of benzene rings is 2. The van der Waals surface area contributed by atoms with Gasteiger partial charge in [-0.3, -0.25) is 5.41 Å². The van der Waals surface area contributed by atoms with Crippen molar-refractivity contribution >= 4 is 38.6 Å². The van der Waals surface area contributed by atoms with Crippen molar-refractivity contribution in [2.45, 2.75) is 0 Å². The number of carbonyl (C=O) groups is 1. The fourth-order valence-corrected chi connectivity index (χ4v) is 2.40. The zero-order valence-electron chi connectivity index (χ0n) is 8.08. The van der Waals surface area contributed by atoms with Gasteiger partial charge in [-0.15, -0.1) is 0 Å². The Morgan fingerprint density at radius 2 is 1.94 bits per heavy atom. The van der Waals surface area contributed by atoms with Gasteiger partial charge in [-0.25, -0.2) is 4.79 Å². The molecule has 3 nitrogen and oxygen atoms in total. The highest BCUT2D eigenvalue weighted by atomic mass is 79.9. The van der Waals surface area contributed by atoms with Crippen LogP contribution in [-0.4, -0.2) is 11.9 Å². The smallest absolute Gasteiger partial charge is 0.345 e. The van der Waals surface area contributed by atoms with Gasteiger partial charge < -0.3 is 4.74 Å². The minimum absolute atomic E-state index is 0.0822. The lowest BCUT2D eigenvalue weighted by Crippen LogP contribution is -2.19. The molecule has 0 spiro atoms. The molecule has 0 aliphatic carbocycles. The van der Waals surface area contributed by atoms with E-state index in [9.17, 15) is 4.79 Å². The van der Waals surface area contributed by atoms with E-state index >= 15 is 0 Å². The Kier molecular flexibility index (Phi) is 1.88. The van der Waals surface area contributed by atoms with Crippen LogP contribution in [0.2, 0.25) is 0 Å². The lowest BCUT2D eigenvalue weighted by atomic mass is 9.97. The van der Waals surface area contributed by atoms with Gasteiger partial charge in [0.2, 0.25) is 5.90 Å². The summed E-state index contributed by atoms with van der Waals surface area (Å²) in [6.07, 6.45) is 0. The largest absolute Gasteiger partial charge is 0.404 e. The van der Waals surface area contributed by atoms with Crippen LogP contribution in [0.15, 0.2) is 34.8 Å². The molecule has 1 heterocycles. The number of nitrogens with one attached hydrogen (secondary N) is 1. The molecule has 16 heavy (non-hydrogen) atoms. The van der Waals surface area contributed by atoms with Gasteiger partial charge in [-0.05, 0) is 23.6 Å². The number of carbonyl (C=O) groups excluding carboxylic acids is 1. The normalized spacial score (nSPS) is 14.1. The molecule has 0 unspecified atom stereocenters. The summed E-state index contributed by atoms with van der Waals surface area (Å²) in [4.78, 5) is 11.6. The van der Waals surface area contributed by atoms with Gasteiger partial charge in [0.15, 0.2) is 0 Å². The van der Waals surface area contributed by atoms with Crippen LogP contribution in [0.3, 0.4) is 0 Å². The number of rotatable bonds is 0. The Morgan fingerprint density at radius 1 is 1.12 bits per heavy atom. The molecule has 78 valence electrons. The van der Waals surface area contributed by atoms with Crippen LogP contribution in [0.5, 0.6) is 0 Å². The number of ether oxygens (including phenoxy) is 1. The van der Waals surface area contributed by atoms with Gasteiger partial charge in [0.05, 0.1) is 5.56 Å². The van der Waals surface area contributed by atoms with Crippen molar-refractivity contribution in [3.05, 3.63) is 45.9 Å². The Morgan fingerprint density at radius 3 is 2.75 bits per heavy atom. The van der Waals surface area contributed by atoms with Crippen LogP contribution in [0.1, 0.15) is 15.9 Å². The van der Waals surface area contributed by atoms with Crippen LogP contribution in [0.4, 0.5) is 0 Å². The maximum absolute atomic E-state index is 11.6. The molecule has 0 saturated carbocycles. The summed E-state index contributed by atoms with van der Waals surface area (Å²) >= 11 is 3.44. The molecule has 1 N–H and O–H groups in total. The number of hydrogen-bond donors (Lipinski definition) is 1. The maximum Gasteiger partial charge on any atom is 0.345 e. The Balaban J connectivity index is 2.57. The fraction of sp³-hybridized carbons (Fsp3) is 0. The molecule has 4 heteroatoms. The average molecular weight is 276 g/mol. The SMILES string of the molecule is N=C1OC(=O)c2cccc3c(Br)ccc1c23. The third kappa shape index (κ3) is 1.13. The molecule has 0 fully saturated rings. The molecule has 0 amide bonds. The summed E-state index contributed by atoms with van der Waals surface area (Å²) in [6, 6.07) is 9.08. The van der Waals surface area contributed by atoms with Gasteiger partial charge in [-0.1, -0.05) is 28.1 Å². The lowest BCUT2D eigenvalue weighted by Gasteiger charge is -2.17. The molecule has 2 aromatic rings. The topological polar surface area (TPSA) is 50.1 Å². The zero-order chi connectivity index (χ0) is 11.3. The molecule has 0 bridgehead atoms. The molecule has 1 aliphatic rings. The Bertz CT molecular complexity index is 629. The van der Waals surface area contributed by atoms with Gasteiger partial charge in [0.25, 0.3) is 0 Å². The average Bonchev–Trinajstić information content (AvgIpc) is 2.27. The van der Waals surface area contributed by atoms with E-state index in [1.165, 1.54) is 0 Å². The number of esters is 1. The third-order valence-electron chi connectivity index (χ3n) is 2.65. The van der Waals surface area contributed by atoms with Crippen molar-refractivity contribution in [2.24, 2.45) is 0 Å². The maximum atomic E-state index is 11.6. The minimum Gasteiger partial charge on any atom is -0.404 e. The van der Waals surface area contributed by atoms with Gasteiger partial charge in [-0.2, -0.15) is 0 Å². The summed E-state index contributed by atoms with van der Waals surface area (Å²) in [6.45, 7) is 0. The van der Waals surface area contributed by atoms with Crippen molar-refractivity contribution in [1.82, 2.24) is 0 Å². The summed E-state index contributed by atoms with van der Waals surface area (Å²) in [5, 5.41) is 9.36. The molecule has 3 rings (SSSR count). The van der Waals surface area contributed by atoms with E-state index in [1.54, 1.807) is 12.1 Å². The molecule has 0 atom stereocenters. The second-order valence-corrected chi connectivity index (χ2v) is 4.40. The second-order valence-electron chi connectivity index (χ2n) is 3.54. The van der Waals surface area contributed by atoms with E-state index in [1.807, 2.05) is 18.2 Å². The number of halogens is 1. The molecule has 2 aromatic carbocycles. The summed E-state index contributed by atoms with van der Waals surface area (Å²) < 4.78 is 5.78. The quantitative estimate of drug-likeness (QED) is 0.751. The second kappa shape index (κ2) is 3.15. The van der Waals surface area contributed by atoms with Crippen molar-refractivity contribution < 1.29 is 9.53 Å². The Labute approximate surface area is 99.7 Å². The van der Waals surface area contributed by atoms with Crippen LogP contribution < -0.4 is 0 Å². The zero-order valence-corrected chi connectivity index (χ0v) is 9.67. The first-order chi connectivity index (χ1) is 7.68. The first-order valence-electron chi connectivity index (χ1n) is 4.71. The first-order valence-corrected chi connectivity index (χ1v) is 5.50. The van der Waals surface area contributed by atoms with E-state index in [4.69, 9.17) is 10.1 Å². The molecule has 0 aromatic heterocycles. The fourth-order valence-electron chi connectivity index (χ4n) is 1.93. The van der Waals surface area contributed by atoms with Crippen LogP contribution >= 0.6 is 15.9 Å². The lowest BCUT2D eigenvalue weighted by molar-refractivity contribution is 0.0714. The van der Waals surface area contributed by atoms with Gasteiger partial charge in [0, 0.05) is 15.4 Å². The van der Waals surface area contributed by atoms with Crippen LogP contribution in [0.25, 0.3) is 10.8 Å². The molecule has 1 aliphatic heterocycles. The monoisotopic (exact) mass is 275 g/mol. The van der Waals surface area contributed by atoms with Gasteiger partial charge in [0.1, 0.15) is 0 Å². The highest BCUT2D eigenvalue weighted by Crippen LogP contribution is 2.32. The van der Waals surface area contributed by atoms with E-state index in [-0.39, 0.29) is 5.90 Å². The summed E-state index contributed by atoms with van der Waals surface area (Å²) in [5.41, 5.74) is 1.18. The first kappa shape index (κ1) is 9.54. The van der Waals surface area contributed by atoms with Crippen LogP contribution in [-0.2, 0) is 4.74 Å². The van der Waals surface area contributed by atoms with Crippen molar-refractivity contribution in [1.29, 1.82) is 5.41 Å². The number of hydrogen-bond acceptors (Lipinski definition) is 3.